The number of hydrogen-bond acceptors (Lipinski definition) is 4. The monoisotopic (exact) mass is 264 g/mol. The number of pyridine rings is 1. The number of aromatic nitrogens is 1. The van der Waals surface area contributed by atoms with Gasteiger partial charge in [-0.2, -0.15) is 0 Å². The summed E-state index contributed by atoms with van der Waals surface area (Å²) in [6.07, 6.45) is 2.20. The third-order valence-corrected chi connectivity index (χ3v) is 3.63. The SMILES string of the molecule is CCNC(COC(C)C)c1cnc2ccsc2c1. The summed E-state index contributed by atoms with van der Waals surface area (Å²) in [7, 11) is 0. The first kappa shape index (κ1) is 13.5. The van der Waals surface area contributed by atoms with Crippen LogP contribution in [0.5, 0.6) is 0 Å². The maximum absolute atomic E-state index is 5.72. The first-order valence-corrected chi connectivity index (χ1v) is 7.26. The van der Waals surface area contributed by atoms with E-state index in [1.165, 1.54) is 10.3 Å². The Morgan fingerprint density at radius 3 is 3.00 bits per heavy atom. The van der Waals surface area contributed by atoms with E-state index < -0.39 is 0 Å². The lowest BCUT2D eigenvalue weighted by molar-refractivity contribution is 0.0614. The van der Waals surface area contributed by atoms with E-state index in [1.54, 1.807) is 11.3 Å². The van der Waals surface area contributed by atoms with E-state index in [9.17, 15) is 0 Å². The first-order chi connectivity index (χ1) is 8.70. The minimum absolute atomic E-state index is 0.219. The summed E-state index contributed by atoms with van der Waals surface area (Å²) in [5, 5.41) is 5.53. The van der Waals surface area contributed by atoms with Crippen LogP contribution in [0.4, 0.5) is 0 Å². The highest BCUT2D eigenvalue weighted by Gasteiger charge is 2.12. The van der Waals surface area contributed by atoms with Crippen LogP contribution in [-0.2, 0) is 4.74 Å². The molecule has 1 unspecified atom stereocenters. The Labute approximate surface area is 112 Å². The van der Waals surface area contributed by atoms with Crippen LogP contribution in [-0.4, -0.2) is 24.2 Å². The molecule has 1 atom stereocenters. The molecule has 2 aromatic heterocycles. The quantitative estimate of drug-likeness (QED) is 0.868. The molecule has 0 aliphatic rings. The molecule has 2 rings (SSSR count). The van der Waals surface area contributed by atoms with Crippen molar-refractivity contribution in [1.82, 2.24) is 10.3 Å². The van der Waals surface area contributed by atoms with Crippen LogP contribution < -0.4 is 5.32 Å². The molecule has 0 amide bonds. The van der Waals surface area contributed by atoms with E-state index in [2.05, 4.69) is 48.6 Å². The lowest BCUT2D eigenvalue weighted by Gasteiger charge is -2.19. The maximum Gasteiger partial charge on any atom is 0.0809 e. The van der Waals surface area contributed by atoms with E-state index in [4.69, 9.17) is 4.74 Å². The van der Waals surface area contributed by atoms with Gasteiger partial charge in [0.25, 0.3) is 0 Å². The van der Waals surface area contributed by atoms with Crippen LogP contribution in [0.1, 0.15) is 32.4 Å². The standard InChI is InChI=1S/C14H20N2OS/c1-4-15-13(9-17-10(2)3)11-7-14-12(16-8-11)5-6-18-14/h5-8,10,13,15H,4,9H2,1-3H3. The second-order valence-corrected chi connectivity index (χ2v) is 5.51. The van der Waals surface area contributed by atoms with Crippen molar-refractivity contribution in [2.24, 2.45) is 0 Å². The largest absolute Gasteiger partial charge is 0.377 e. The fourth-order valence-electron chi connectivity index (χ4n) is 1.86. The van der Waals surface area contributed by atoms with Gasteiger partial charge in [-0.15, -0.1) is 11.3 Å². The van der Waals surface area contributed by atoms with Gasteiger partial charge in [-0.25, -0.2) is 0 Å². The summed E-state index contributed by atoms with van der Waals surface area (Å²) < 4.78 is 6.95. The number of nitrogens with zero attached hydrogens (tertiary/aromatic N) is 1. The topological polar surface area (TPSA) is 34.1 Å². The van der Waals surface area contributed by atoms with Crippen molar-refractivity contribution in [2.45, 2.75) is 32.9 Å². The lowest BCUT2D eigenvalue weighted by atomic mass is 10.1. The molecule has 0 spiro atoms. The fourth-order valence-corrected chi connectivity index (χ4v) is 2.65. The predicted octanol–water partition coefficient (Wildman–Crippen LogP) is 3.37. The lowest BCUT2D eigenvalue weighted by Crippen LogP contribution is -2.26. The minimum atomic E-state index is 0.219. The van der Waals surface area contributed by atoms with Gasteiger partial charge in [-0.05, 0) is 43.5 Å². The Hall–Kier alpha value is -0.970. The Morgan fingerprint density at radius 1 is 1.44 bits per heavy atom. The molecule has 1 N–H and O–H groups in total. The number of fused-ring (bicyclic) bond motifs is 1. The fraction of sp³-hybridized carbons (Fsp3) is 0.500. The van der Waals surface area contributed by atoms with Crippen molar-refractivity contribution in [3.8, 4) is 0 Å². The van der Waals surface area contributed by atoms with Crippen molar-refractivity contribution in [3.05, 3.63) is 29.3 Å². The molecule has 2 heterocycles. The highest BCUT2D eigenvalue weighted by Crippen LogP contribution is 2.23. The molecular formula is C14H20N2OS. The number of thiophene rings is 1. The molecule has 0 bridgehead atoms. The summed E-state index contributed by atoms with van der Waals surface area (Å²) >= 11 is 1.73. The van der Waals surface area contributed by atoms with Crippen LogP contribution >= 0.6 is 11.3 Å². The van der Waals surface area contributed by atoms with Gasteiger partial charge in [0.1, 0.15) is 0 Å². The first-order valence-electron chi connectivity index (χ1n) is 6.39. The van der Waals surface area contributed by atoms with Crippen LogP contribution in [0.15, 0.2) is 23.7 Å². The van der Waals surface area contributed by atoms with Gasteiger partial charge in [0.15, 0.2) is 0 Å². The molecule has 0 saturated carbocycles. The van der Waals surface area contributed by atoms with Crippen molar-refractivity contribution < 1.29 is 4.74 Å². The van der Waals surface area contributed by atoms with Gasteiger partial charge in [0, 0.05) is 6.20 Å². The number of rotatable bonds is 6. The van der Waals surface area contributed by atoms with Crippen LogP contribution in [0.2, 0.25) is 0 Å². The molecule has 4 heteroatoms. The Kier molecular flexibility index (Phi) is 4.69. The number of hydrogen-bond donors (Lipinski definition) is 1. The molecule has 2 aromatic rings. The third-order valence-electron chi connectivity index (χ3n) is 2.77. The smallest absolute Gasteiger partial charge is 0.0809 e. The summed E-state index contributed by atoms with van der Waals surface area (Å²) in [6.45, 7) is 7.84. The second-order valence-electron chi connectivity index (χ2n) is 4.56. The van der Waals surface area contributed by atoms with Gasteiger partial charge in [0.05, 0.1) is 29.0 Å². The Morgan fingerprint density at radius 2 is 2.28 bits per heavy atom. The zero-order chi connectivity index (χ0) is 13.0. The molecule has 98 valence electrons. The summed E-state index contributed by atoms with van der Waals surface area (Å²) in [4.78, 5) is 4.49. The van der Waals surface area contributed by atoms with Crippen LogP contribution in [0.25, 0.3) is 10.2 Å². The molecule has 0 saturated heterocycles. The van der Waals surface area contributed by atoms with Gasteiger partial charge >= 0.3 is 0 Å². The molecule has 0 aliphatic carbocycles. The number of likely N-dealkylation sites (N-methyl/N-ethyl adjacent to an activating group) is 1. The molecule has 0 fully saturated rings. The van der Waals surface area contributed by atoms with Crippen molar-refractivity contribution in [1.29, 1.82) is 0 Å². The molecule has 18 heavy (non-hydrogen) atoms. The minimum Gasteiger partial charge on any atom is -0.377 e. The van der Waals surface area contributed by atoms with E-state index in [1.807, 2.05) is 6.20 Å². The zero-order valence-electron chi connectivity index (χ0n) is 11.1. The summed E-state index contributed by atoms with van der Waals surface area (Å²) in [5.74, 6) is 0. The van der Waals surface area contributed by atoms with Crippen molar-refractivity contribution >= 4 is 21.6 Å². The van der Waals surface area contributed by atoms with Gasteiger partial charge < -0.3 is 10.1 Å². The van der Waals surface area contributed by atoms with Crippen molar-refractivity contribution in [2.75, 3.05) is 13.2 Å². The van der Waals surface area contributed by atoms with Crippen LogP contribution in [0.3, 0.4) is 0 Å². The molecule has 3 nitrogen and oxygen atoms in total. The summed E-state index contributed by atoms with van der Waals surface area (Å²) in [5.41, 5.74) is 2.27. The molecule has 0 aliphatic heterocycles. The molecule has 0 aromatic carbocycles. The van der Waals surface area contributed by atoms with E-state index >= 15 is 0 Å². The number of nitrogens with one attached hydrogen (secondary N) is 1. The summed E-state index contributed by atoms with van der Waals surface area (Å²) in [6, 6.07) is 4.48. The van der Waals surface area contributed by atoms with Gasteiger partial charge in [-0.1, -0.05) is 6.92 Å². The predicted molar refractivity (Wildman–Crippen MR) is 77.1 cm³/mol. The van der Waals surface area contributed by atoms with Gasteiger partial charge in [-0.3, -0.25) is 4.98 Å². The average molecular weight is 264 g/mol. The average Bonchev–Trinajstić information content (AvgIpc) is 2.81. The second kappa shape index (κ2) is 6.27. The van der Waals surface area contributed by atoms with Crippen LogP contribution in [0, 0.1) is 0 Å². The molecular weight excluding hydrogens is 244 g/mol. The Bertz CT molecular complexity index is 495. The van der Waals surface area contributed by atoms with E-state index in [-0.39, 0.29) is 12.1 Å². The highest BCUT2D eigenvalue weighted by atomic mass is 32.1. The maximum atomic E-state index is 5.72. The zero-order valence-corrected chi connectivity index (χ0v) is 12.0. The normalized spacial score (nSPS) is 13.3. The van der Waals surface area contributed by atoms with Gasteiger partial charge in [0.2, 0.25) is 0 Å². The molecule has 0 radical (unpaired) electrons. The Balaban J connectivity index is 2.17. The van der Waals surface area contributed by atoms with E-state index in [0.29, 0.717) is 6.61 Å². The number of ether oxygens (including phenoxy) is 1. The van der Waals surface area contributed by atoms with Crippen molar-refractivity contribution in [3.63, 3.8) is 0 Å². The highest BCUT2D eigenvalue weighted by molar-refractivity contribution is 7.17. The third kappa shape index (κ3) is 3.28. The van der Waals surface area contributed by atoms with E-state index in [0.717, 1.165) is 12.1 Å².